The normalized spacial score (nSPS) is 20.2. The minimum Gasteiger partial charge on any atom is -0.448 e. The number of rotatable bonds is 6. The van der Waals surface area contributed by atoms with E-state index in [0.29, 0.717) is 17.8 Å². The molecule has 1 aromatic heterocycles. The molecule has 2 heterocycles. The van der Waals surface area contributed by atoms with Crippen LogP contribution in [0, 0.1) is 6.92 Å². The van der Waals surface area contributed by atoms with Crippen molar-refractivity contribution >= 4 is 33.1 Å². The van der Waals surface area contributed by atoms with E-state index < -0.39 is 21.9 Å². The molecule has 25 heavy (non-hydrogen) atoms. The number of sulfone groups is 1. The number of likely N-dealkylation sites (N-methyl/N-ethyl adjacent to an activating group) is 1. The maximum Gasteiger partial charge on any atom is 0.349 e. The Hall–Kier alpha value is -1.41. The van der Waals surface area contributed by atoms with Crippen LogP contribution in [0.15, 0.2) is 6.07 Å². The number of hydrogen-bond acceptors (Lipinski definition) is 6. The highest BCUT2D eigenvalue weighted by molar-refractivity contribution is 7.91. The lowest BCUT2D eigenvalue weighted by Crippen LogP contribution is -2.46. The van der Waals surface area contributed by atoms with E-state index in [1.807, 2.05) is 13.8 Å². The van der Waals surface area contributed by atoms with Crippen molar-refractivity contribution in [1.82, 2.24) is 4.90 Å². The second-order valence-corrected chi connectivity index (χ2v) is 9.66. The Morgan fingerprint density at radius 3 is 2.56 bits per heavy atom. The summed E-state index contributed by atoms with van der Waals surface area (Å²) in [5.41, 5.74) is 1.05. The van der Waals surface area contributed by atoms with Crippen molar-refractivity contribution in [3.05, 3.63) is 21.4 Å². The van der Waals surface area contributed by atoms with E-state index >= 15 is 0 Å². The molecular weight excluding hydrogens is 362 g/mol. The molecule has 1 aliphatic heterocycles. The summed E-state index contributed by atoms with van der Waals surface area (Å²) in [7, 11) is -3.08. The van der Waals surface area contributed by atoms with Gasteiger partial charge in [0.2, 0.25) is 0 Å². The Morgan fingerprint density at radius 1 is 1.40 bits per heavy atom. The molecule has 8 heteroatoms. The van der Waals surface area contributed by atoms with E-state index in [0.717, 1.165) is 16.9 Å². The number of thiophene rings is 1. The van der Waals surface area contributed by atoms with Gasteiger partial charge in [-0.05, 0) is 45.2 Å². The van der Waals surface area contributed by atoms with E-state index in [2.05, 4.69) is 0 Å². The molecule has 1 amide bonds. The Morgan fingerprint density at radius 2 is 2.08 bits per heavy atom. The van der Waals surface area contributed by atoms with Crippen LogP contribution in [0.3, 0.4) is 0 Å². The minimum absolute atomic E-state index is 0.0166. The van der Waals surface area contributed by atoms with Gasteiger partial charge in [-0.25, -0.2) is 13.2 Å². The van der Waals surface area contributed by atoms with Crippen LogP contribution in [0.2, 0.25) is 0 Å². The molecular formula is C17H25NO5S2. The zero-order valence-electron chi connectivity index (χ0n) is 15.1. The summed E-state index contributed by atoms with van der Waals surface area (Å²) in [5, 5.41) is 0. The first kappa shape index (κ1) is 19.9. The average Bonchev–Trinajstić information content (AvgIpc) is 3.10. The third-order valence-corrected chi connectivity index (χ3v) is 7.56. The Labute approximate surface area is 153 Å². The van der Waals surface area contributed by atoms with Gasteiger partial charge in [0, 0.05) is 17.5 Å². The van der Waals surface area contributed by atoms with Gasteiger partial charge in [-0.3, -0.25) is 4.79 Å². The van der Waals surface area contributed by atoms with Crippen molar-refractivity contribution in [3.8, 4) is 0 Å². The molecule has 0 bridgehead atoms. The van der Waals surface area contributed by atoms with E-state index in [4.69, 9.17) is 4.74 Å². The molecule has 0 aromatic carbocycles. The first-order valence-electron chi connectivity index (χ1n) is 8.49. The molecule has 0 aliphatic carbocycles. The lowest BCUT2D eigenvalue weighted by atomic mass is 10.2. The fourth-order valence-corrected chi connectivity index (χ4v) is 5.82. The van der Waals surface area contributed by atoms with Crippen molar-refractivity contribution in [2.24, 2.45) is 0 Å². The number of nitrogens with zero attached hydrogens (tertiary/aromatic N) is 1. The molecule has 1 aromatic rings. The van der Waals surface area contributed by atoms with Crippen molar-refractivity contribution in [2.45, 2.75) is 52.7 Å². The molecule has 0 radical (unpaired) electrons. The lowest BCUT2D eigenvalue weighted by molar-refractivity contribution is -0.141. The Kier molecular flexibility index (Phi) is 6.26. The molecule has 0 spiro atoms. The average molecular weight is 388 g/mol. The summed E-state index contributed by atoms with van der Waals surface area (Å²) in [6.07, 6.45) is 0.341. The third kappa shape index (κ3) is 4.61. The van der Waals surface area contributed by atoms with Crippen LogP contribution in [0.1, 0.15) is 47.3 Å². The van der Waals surface area contributed by atoms with Crippen LogP contribution in [-0.4, -0.2) is 55.4 Å². The standard InChI is InChI=1S/C17H25NO5S2/c1-5-14-11(3)9-15(24-14)17(20)23-12(4)16(19)18(6-2)13-7-8-25(21,22)10-13/h9,12-13H,5-8,10H2,1-4H3. The van der Waals surface area contributed by atoms with Crippen molar-refractivity contribution in [3.63, 3.8) is 0 Å². The molecule has 140 valence electrons. The summed E-state index contributed by atoms with van der Waals surface area (Å²) in [4.78, 5) is 28.0. The van der Waals surface area contributed by atoms with Crippen LogP contribution in [0.25, 0.3) is 0 Å². The number of amides is 1. The smallest absolute Gasteiger partial charge is 0.349 e. The molecule has 6 nitrogen and oxygen atoms in total. The summed E-state index contributed by atoms with van der Waals surface area (Å²) < 4.78 is 28.7. The molecule has 0 N–H and O–H groups in total. The predicted octanol–water partition coefficient (Wildman–Crippen LogP) is 2.20. The number of carbonyl (C=O) groups is 2. The van der Waals surface area contributed by atoms with Gasteiger partial charge in [-0.15, -0.1) is 11.3 Å². The second-order valence-electron chi connectivity index (χ2n) is 6.30. The van der Waals surface area contributed by atoms with Gasteiger partial charge in [0.25, 0.3) is 5.91 Å². The molecule has 1 fully saturated rings. The quantitative estimate of drug-likeness (QED) is 0.699. The first-order chi connectivity index (χ1) is 11.7. The summed E-state index contributed by atoms with van der Waals surface area (Å²) in [6, 6.07) is 1.45. The number of aryl methyl sites for hydroxylation is 2. The highest BCUT2D eigenvalue weighted by Crippen LogP contribution is 2.24. The number of hydrogen-bond donors (Lipinski definition) is 0. The van der Waals surface area contributed by atoms with Crippen molar-refractivity contribution in [2.75, 3.05) is 18.1 Å². The minimum atomic E-state index is -3.08. The van der Waals surface area contributed by atoms with Crippen LogP contribution < -0.4 is 0 Å². The van der Waals surface area contributed by atoms with Gasteiger partial charge >= 0.3 is 5.97 Å². The van der Waals surface area contributed by atoms with Gasteiger partial charge < -0.3 is 9.64 Å². The second kappa shape index (κ2) is 7.86. The highest BCUT2D eigenvalue weighted by Gasteiger charge is 2.36. The third-order valence-electron chi connectivity index (χ3n) is 4.45. The summed E-state index contributed by atoms with van der Waals surface area (Å²) >= 11 is 1.38. The summed E-state index contributed by atoms with van der Waals surface area (Å²) in [6.45, 7) is 7.69. The highest BCUT2D eigenvalue weighted by atomic mass is 32.2. The molecule has 2 atom stereocenters. The molecule has 1 saturated heterocycles. The van der Waals surface area contributed by atoms with Crippen LogP contribution in [0.5, 0.6) is 0 Å². The van der Waals surface area contributed by atoms with Gasteiger partial charge in [0.15, 0.2) is 15.9 Å². The van der Waals surface area contributed by atoms with Crippen LogP contribution in [0.4, 0.5) is 0 Å². The fraction of sp³-hybridized carbons (Fsp3) is 0.647. The molecule has 0 saturated carbocycles. The first-order valence-corrected chi connectivity index (χ1v) is 11.1. The fourth-order valence-electron chi connectivity index (χ4n) is 3.09. The van der Waals surface area contributed by atoms with Gasteiger partial charge in [0.05, 0.1) is 11.5 Å². The van der Waals surface area contributed by atoms with Crippen molar-refractivity contribution < 1.29 is 22.7 Å². The van der Waals surface area contributed by atoms with Crippen LogP contribution >= 0.6 is 11.3 Å². The number of esters is 1. The van der Waals surface area contributed by atoms with Crippen LogP contribution in [-0.2, 0) is 25.8 Å². The monoisotopic (exact) mass is 387 g/mol. The topological polar surface area (TPSA) is 80.8 Å². The predicted molar refractivity (Wildman–Crippen MR) is 97.8 cm³/mol. The van der Waals surface area contributed by atoms with E-state index in [-0.39, 0.29) is 23.5 Å². The van der Waals surface area contributed by atoms with E-state index in [9.17, 15) is 18.0 Å². The van der Waals surface area contributed by atoms with E-state index in [1.54, 1.807) is 13.0 Å². The molecule has 2 rings (SSSR count). The maximum atomic E-state index is 12.6. The molecule has 2 unspecified atom stereocenters. The number of carbonyl (C=O) groups excluding carboxylic acids is 2. The van der Waals surface area contributed by atoms with Crippen molar-refractivity contribution in [1.29, 1.82) is 0 Å². The SMILES string of the molecule is CCc1sc(C(=O)OC(C)C(=O)N(CC)C2CCS(=O)(=O)C2)cc1C. The zero-order valence-corrected chi connectivity index (χ0v) is 16.7. The Bertz CT molecular complexity index is 753. The summed E-state index contributed by atoms with van der Waals surface area (Å²) in [5.74, 6) is -0.771. The largest absolute Gasteiger partial charge is 0.448 e. The zero-order chi connectivity index (χ0) is 18.8. The Balaban J connectivity index is 2.04. The maximum absolute atomic E-state index is 12.6. The number of ether oxygens (including phenoxy) is 1. The van der Waals surface area contributed by atoms with E-state index in [1.165, 1.54) is 23.2 Å². The molecule has 1 aliphatic rings. The van der Waals surface area contributed by atoms with Gasteiger partial charge in [-0.1, -0.05) is 6.92 Å². The lowest BCUT2D eigenvalue weighted by Gasteiger charge is -2.29. The van der Waals surface area contributed by atoms with Gasteiger partial charge in [-0.2, -0.15) is 0 Å². The van der Waals surface area contributed by atoms with Gasteiger partial charge in [0.1, 0.15) is 4.88 Å².